The van der Waals surface area contributed by atoms with Crippen molar-refractivity contribution in [3.8, 4) is 11.1 Å². The van der Waals surface area contributed by atoms with Crippen molar-refractivity contribution >= 4 is 17.5 Å². The van der Waals surface area contributed by atoms with E-state index in [2.05, 4.69) is 69.2 Å². The van der Waals surface area contributed by atoms with Gasteiger partial charge in [-0.1, -0.05) is 17.3 Å². The van der Waals surface area contributed by atoms with E-state index in [9.17, 15) is 4.79 Å². The van der Waals surface area contributed by atoms with Crippen LogP contribution in [0.15, 0.2) is 47.0 Å². The molecule has 3 aliphatic rings. The summed E-state index contributed by atoms with van der Waals surface area (Å²) in [5.41, 5.74) is 7.00. The van der Waals surface area contributed by atoms with Crippen molar-refractivity contribution in [2.75, 3.05) is 37.6 Å². The lowest BCUT2D eigenvalue weighted by atomic mass is 9.92. The number of nitrogens with zero attached hydrogens (tertiary/aromatic N) is 5. The van der Waals surface area contributed by atoms with E-state index in [4.69, 9.17) is 15.8 Å². The molecule has 8 nitrogen and oxygen atoms in total. The summed E-state index contributed by atoms with van der Waals surface area (Å²) in [7, 11) is 0. The van der Waals surface area contributed by atoms with E-state index in [-0.39, 0.29) is 11.6 Å². The SMILES string of the molecule is [C-]#[N+]C1(c2ccc(N(CC3CCN(C4CN(C(=O)OC(C)(C)C)C4)CC3)c3cc(-c4c(C)noc4C)ccc3C)cc2)CC1. The maximum atomic E-state index is 12.4. The number of carbonyl (C=O) groups is 1. The smallest absolute Gasteiger partial charge is 0.410 e. The number of rotatable bonds is 7. The second kappa shape index (κ2) is 11.6. The Morgan fingerprint density at radius 2 is 1.77 bits per heavy atom. The minimum Gasteiger partial charge on any atom is -0.444 e. The molecule has 2 aromatic carbocycles. The minimum absolute atomic E-state index is 0.205. The second-order valence-corrected chi connectivity index (χ2v) is 14.0. The number of aryl methyl sites for hydroxylation is 3. The molecule has 44 heavy (non-hydrogen) atoms. The summed E-state index contributed by atoms with van der Waals surface area (Å²) in [6, 6.07) is 15.8. The highest BCUT2D eigenvalue weighted by atomic mass is 16.6. The predicted octanol–water partition coefficient (Wildman–Crippen LogP) is 7.64. The van der Waals surface area contributed by atoms with E-state index in [0.717, 1.165) is 92.2 Å². The molecule has 3 fully saturated rings. The minimum atomic E-state index is -0.464. The fourth-order valence-corrected chi connectivity index (χ4v) is 6.75. The fraction of sp³-hybridized carbons (Fsp3) is 0.528. The van der Waals surface area contributed by atoms with E-state index in [1.54, 1.807) is 0 Å². The van der Waals surface area contributed by atoms with Gasteiger partial charge in [0.2, 0.25) is 0 Å². The third-order valence-corrected chi connectivity index (χ3v) is 9.60. The molecule has 232 valence electrons. The number of likely N-dealkylation sites (tertiary alicyclic amines) is 2. The third-order valence-electron chi connectivity index (χ3n) is 9.60. The van der Waals surface area contributed by atoms with Crippen molar-refractivity contribution in [2.24, 2.45) is 5.92 Å². The summed E-state index contributed by atoms with van der Waals surface area (Å²) in [5, 5.41) is 4.20. The van der Waals surface area contributed by atoms with Gasteiger partial charge in [-0.25, -0.2) is 11.4 Å². The molecule has 6 rings (SSSR count). The molecule has 0 spiro atoms. The molecule has 2 aliphatic heterocycles. The van der Waals surface area contributed by atoms with Crippen LogP contribution in [0.1, 0.15) is 69.0 Å². The first-order valence-electron chi connectivity index (χ1n) is 16.0. The molecule has 0 N–H and O–H groups in total. The van der Waals surface area contributed by atoms with E-state index in [0.29, 0.717) is 12.0 Å². The van der Waals surface area contributed by atoms with Gasteiger partial charge < -0.3 is 23.9 Å². The zero-order valence-corrected chi connectivity index (χ0v) is 27.0. The first kappa shape index (κ1) is 30.2. The maximum Gasteiger partial charge on any atom is 0.410 e. The molecule has 1 amide bonds. The molecule has 1 aliphatic carbocycles. The Labute approximate surface area is 261 Å². The van der Waals surface area contributed by atoms with Crippen LogP contribution in [0.2, 0.25) is 0 Å². The lowest BCUT2D eigenvalue weighted by Crippen LogP contribution is -2.62. The predicted molar refractivity (Wildman–Crippen MR) is 173 cm³/mol. The van der Waals surface area contributed by atoms with Crippen LogP contribution in [0.3, 0.4) is 0 Å². The largest absolute Gasteiger partial charge is 0.444 e. The van der Waals surface area contributed by atoms with E-state index >= 15 is 0 Å². The lowest BCUT2D eigenvalue weighted by Gasteiger charge is -2.47. The molecule has 0 bridgehead atoms. The van der Waals surface area contributed by atoms with Crippen LogP contribution in [-0.4, -0.2) is 65.4 Å². The molecule has 1 saturated carbocycles. The van der Waals surface area contributed by atoms with Crippen molar-refractivity contribution in [1.29, 1.82) is 0 Å². The highest BCUT2D eigenvalue weighted by Gasteiger charge is 2.52. The van der Waals surface area contributed by atoms with Gasteiger partial charge >= 0.3 is 6.09 Å². The summed E-state index contributed by atoms with van der Waals surface area (Å²) in [5.74, 6) is 1.36. The molecular weight excluding hydrogens is 550 g/mol. The number of hydrogen-bond acceptors (Lipinski definition) is 6. The van der Waals surface area contributed by atoms with Gasteiger partial charge in [-0.05, 0) is 115 Å². The maximum absolute atomic E-state index is 12.4. The average Bonchev–Trinajstić information content (AvgIpc) is 3.69. The number of piperidine rings is 1. The lowest BCUT2D eigenvalue weighted by molar-refractivity contribution is -0.0213. The van der Waals surface area contributed by atoms with Crippen LogP contribution in [-0.2, 0) is 10.3 Å². The molecular formula is C36H45N5O3. The first-order valence-corrected chi connectivity index (χ1v) is 16.0. The van der Waals surface area contributed by atoms with Gasteiger partial charge in [-0.3, -0.25) is 4.90 Å². The Morgan fingerprint density at radius 1 is 1.09 bits per heavy atom. The van der Waals surface area contributed by atoms with Crippen molar-refractivity contribution in [3.63, 3.8) is 0 Å². The average molecular weight is 596 g/mol. The van der Waals surface area contributed by atoms with Crippen molar-refractivity contribution in [1.82, 2.24) is 15.0 Å². The Kier molecular flexibility index (Phi) is 7.96. The molecule has 3 heterocycles. The molecule has 0 unspecified atom stereocenters. The van der Waals surface area contributed by atoms with Gasteiger partial charge in [0, 0.05) is 61.0 Å². The highest BCUT2D eigenvalue weighted by molar-refractivity contribution is 5.76. The summed E-state index contributed by atoms with van der Waals surface area (Å²) >= 11 is 0. The molecule has 8 heteroatoms. The Morgan fingerprint density at radius 3 is 2.34 bits per heavy atom. The summed E-state index contributed by atoms with van der Waals surface area (Å²) in [6.07, 6.45) is 3.92. The Hall–Kier alpha value is -3.83. The van der Waals surface area contributed by atoms with E-state index in [1.165, 1.54) is 11.3 Å². The second-order valence-electron chi connectivity index (χ2n) is 14.0. The van der Waals surface area contributed by atoms with Gasteiger partial charge in [0.05, 0.1) is 5.69 Å². The highest BCUT2D eigenvalue weighted by Crippen LogP contribution is 2.50. The van der Waals surface area contributed by atoms with E-state index < -0.39 is 5.60 Å². The topological polar surface area (TPSA) is 66.4 Å². The van der Waals surface area contributed by atoms with Crippen LogP contribution in [0.4, 0.5) is 16.2 Å². The quantitative estimate of drug-likeness (QED) is 0.262. The number of benzene rings is 2. The molecule has 1 aromatic heterocycles. The standard InChI is InChI=1S/C36H45N5O3/c1-24-8-9-28(33-25(2)38-44-26(33)3)20-32(24)41(30-12-10-29(11-13-30)36(37-7)16-17-36)21-27-14-18-39(19-15-27)31-22-40(23-31)34(42)43-35(4,5)6/h8-13,20,27,31H,14-19,21-23H2,1-6H3. The number of amides is 1. The molecule has 3 aromatic rings. The number of anilines is 2. The van der Waals surface area contributed by atoms with Gasteiger partial charge in [0.15, 0.2) is 0 Å². The zero-order chi connectivity index (χ0) is 31.2. The number of aromatic nitrogens is 1. The number of hydrogen-bond donors (Lipinski definition) is 0. The number of ether oxygens (including phenoxy) is 1. The van der Waals surface area contributed by atoms with Crippen LogP contribution < -0.4 is 4.90 Å². The van der Waals surface area contributed by atoms with E-state index in [1.807, 2.05) is 39.5 Å². The normalized spacial score (nSPS) is 18.9. The van der Waals surface area contributed by atoms with Crippen LogP contribution in [0, 0.1) is 33.3 Å². The number of carbonyl (C=O) groups excluding carboxylic acids is 1. The molecule has 2 saturated heterocycles. The summed E-state index contributed by atoms with van der Waals surface area (Å²) < 4.78 is 11.1. The Bertz CT molecular complexity index is 1530. The van der Waals surface area contributed by atoms with Crippen LogP contribution >= 0.6 is 0 Å². The van der Waals surface area contributed by atoms with Gasteiger partial charge in [-0.2, -0.15) is 0 Å². The van der Waals surface area contributed by atoms with Gasteiger partial charge in [0.25, 0.3) is 5.54 Å². The molecule has 0 radical (unpaired) electrons. The molecule has 0 atom stereocenters. The van der Waals surface area contributed by atoms with Gasteiger partial charge in [-0.15, -0.1) is 0 Å². The Balaban J connectivity index is 1.19. The van der Waals surface area contributed by atoms with Crippen LogP contribution in [0.5, 0.6) is 0 Å². The van der Waals surface area contributed by atoms with Crippen molar-refractivity contribution < 1.29 is 14.1 Å². The first-order chi connectivity index (χ1) is 21.0. The van der Waals surface area contributed by atoms with Crippen LogP contribution in [0.25, 0.3) is 16.0 Å². The fourth-order valence-electron chi connectivity index (χ4n) is 6.75. The zero-order valence-electron chi connectivity index (χ0n) is 27.0. The van der Waals surface area contributed by atoms with Gasteiger partial charge in [0.1, 0.15) is 11.4 Å². The van der Waals surface area contributed by atoms with Crippen molar-refractivity contribution in [2.45, 2.75) is 84.4 Å². The third kappa shape index (κ3) is 6.08. The summed E-state index contributed by atoms with van der Waals surface area (Å²) in [4.78, 5) is 23.2. The monoisotopic (exact) mass is 595 g/mol. The summed E-state index contributed by atoms with van der Waals surface area (Å²) in [6.45, 7) is 24.1. The van der Waals surface area contributed by atoms with Crippen molar-refractivity contribution in [3.05, 3.63) is 76.5 Å².